The Morgan fingerprint density at radius 3 is 2.62 bits per heavy atom. The van der Waals surface area contributed by atoms with Crippen LogP contribution in [0.25, 0.3) is 0 Å². The lowest BCUT2D eigenvalue weighted by atomic mass is 10.1. The largest absolute Gasteiger partial charge is 0.370 e. The molecular formula is C12H16F2N2. The summed E-state index contributed by atoms with van der Waals surface area (Å²) in [5.74, 6) is -0.548. The molecule has 2 nitrogen and oxygen atoms in total. The van der Waals surface area contributed by atoms with Crippen LogP contribution in [-0.4, -0.2) is 26.2 Å². The molecule has 1 N–H and O–H groups in total. The summed E-state index contributed by atoms with van der Waals surface area (Å²) in [5.41, 5.74) is 0.632. The van der Waals surface area contributed by atoms with Crippen LogP contribution in [0.4, 0.5) is 14.5 Å². The topological polar surface area (TPSA) is 15.3 Å². The Kier molecular flexibility index (Phi) is 3.39. The number of anilines is 1. The molecule has 1 fully saturated rings. The molecule has 0 bridgehead atoms. The maximum Gasteiger partial charge on any atom is 0.128 e. The van der Waals surface area contributed by atoms with Crippen LogP contribution in [0.2, 0.25) is 0 Å². The molecule has 88 valence electrons. The van der Waals surface area contributed by atoms with Gasteiger partial charge in [-0.25, -0.2) is 8.78 Å². The molecule has 4 heteroatoms. The van der Waals surface area contributed by atoms with Gasteiger partial charge >= 0.3 is 0 Å². The highest BCUT2D eigenvalue weighted by atomic mass is 19.1. The molecule has 0 aliphatic carbocycles. The number of hydrogen-bond donors (Lipinski definition) is 1. The van der Waals surface area contributed by atoms with Gasteiger partial charge in [0.2, 0.25) is 0 Å². The van der Waals surface area contributed by atoms with Gasteiger partial charge in [-0.2, -0.15) is 0 Å². The van der Waals surface area contributed by atoms with E-state index < -0.39 is 11.6 Å². The quantitative estimate of drug-likeness (QED) is 0.788. The van der Waals surface area contributed by atoms with Crippen molar-refractivity contribution in [3.05, 3.63) is 29.8 Å². The average molecular weight is 226 g/mol. The second-order valence-electron chi connectivity index (χ2n) is 4.38. The Balaban J connectivity index is 2.21. The van der Waals surface area contributed by atoms with Crippen molar-refractivity contribution in [2.24, 2.45) is 5.92 Å². The molecule has 2 rings (SSSR count). The van der Waals surface area contributed by atoms with E-state index in [-0.39, 0.29) is 0 Å². The fraction of sp³-hybridized carbons (Fsp3) is 0.500. The highest BCUT2D eigenvalue weighted by Crippen LogP contribution is 2.19. The molecule has 0 amide bonds. The molecule has 1 aromatic carbocycles. The normalized spacial score (nSPS) is 21.9. The first kappa shape index (κ1) is 11.3. The molecule has 1 aromatic rings. The molecule has 1 aliphatic rings. The maximum absolute atomic E-state index is 13.1. The van der Waals surface area contributed by atoms with E-state index in [0.29, 0.717) is 11.6 Å². The van der Waals surface area contributed by atoms with Crippen molar-refractivity contribution in [2.45, 2.75) is 6.92 Å². The summed E-state index contributed by atoms with van der Waals surface area (Å²) in [5, 5.41) is 3.30. The van der Waals surface area contributed by atoms with E-state index in [4.69, 9.17) is 0 Å². The van der Waals surface area contributed by atoms with Gasteiger partial charge in [-0.1, -0.05) is 6.92 Å². The number of hydrogen-bond acceptors (Lipinski definition) is 2. The predicted molar refractivity (Wildman–Crippen MR) is 60.6 cm³/mol. The lowest BCUT2D eigenvalue weighted by Gasteiger charge is -2.24. The van der Waals surface area contributed by atoms with Crippen LogP contribution in [0, 0.1) is 17.6 Å². The molecule has 1 atom stereocenters. The Labute approximate surface area is 94.3 Å². The first-order valence-corrected chi connectivity index (χ1v) is 5.57. The van der Waals surface area contributed by atoms with E-state index in [2.05, 4.69) is 12.2 Å². The van der Waals surface area contributed by atoms with Gasteiger partial charge in [-0.3, -0.25) is 0 Å². The second-order valence-corrected chi connectivity index (χ2v) is 4.38. The summed E-state index contributed by atoms with van der Waals surface area (Å²) >= 11 is 0. The molecule has 1 aliphatic heterocycles. The minimum atomic E-state index is -0.514. The minimum absolute atomic E-state index is 0.480. The van der Waals surface area contributed by atoms with Gasteiger partial charge in [0.15, 0.2) is 0 Å². The van der Waals surface area contributed by atoms with Crippen molar-refractivity contribution in [2.75, 3.05) is 31.1 Å². The molecule has 1 unspecified atom stereocenters. The standard InChI is InChI=1S/C12H16F2N2/c1-9-7-15-2-3-16(8-9)12-5-10(13)4-11(14)6-12/h4-6,9,15H,2-3,7-8H2,1H3. The van der Waals surface area contributed by atoms with E-state index in [1.54, 1.807) is 0 Å². The lowest BCUT2D eigenvalue weighted by Crippen LogP contribution is -2.29. The maximum atomic E-state index is 13.1. The molecular weight excluding hydrogens is 210 g/mol. The van der Waals surface area contributed by atoms with Crippen molar-refractivity contribution in [1.82, 2.24) is 5.32 Å². The number of nitrogens with one attached hydrogen (secondary N) is 1. The van der Waals surface area contributed by atoms with Crippen molar-refractivity contribution in [1.29, 1.82) is 0 Å². The number of benzene rings is 1. The van der Waals surface area contributed by atoms with Gasteiger partial charge in [0.1, 0.15) is 11.6 Å². The molecule has 16 heavy (non-hydrogen) atoms. The molecule has 1 heterocycles. The van der Waals surface area contributed by atoms with Crippen LogP contribution in [0.15, 0.2) is 18.2 Å². The molecule has 0 radical (unpaired) electrons. The second kappa shape index (κ2) is 4.78. The van der Waals surface area contributed by atoms with Crippen molar-refractivity contribution < 1.29 is 8.78 Å². The smallest absolute Gasteiger partial charge is 0.128 e. The Morgan fingerprint density at radius 2 is 1.94 bits per heavy atom. The third-order valence-corrected chi connectivity index (χ3v) is 2.80. The fourth-order valence-corrected chi connectivity index (χ4v) is 2.05. The summed E-state index contributed by atoms with van der Waals surface area (Å²) in [6.45, 7) is 5.54. The van der Waals surface area contributed by atoms with E-state index in [9.17, 15) is 8.78 Å². The highest BCUT2D eigenvalue weighted by Gasteiger charge is 2.15. The van der Waals surface area contributed by atoms with Crippen LogP contribution in [-0.2, 0) is 0 Å². The zero-order valence-electron chi connectivity index (χ0n) is 9.34. The number of halogens is 2. The Bertz CT molecular complexity index is 348. The van der Waals surface area contributed by atoms with Crippen LogP contribution in [0.1, 0.15) is 6.92 Å². The first-order chi connectivity index (χ1) is 7.65. The lowest BCUT2D eigenvalue weighted by molar-refractivity contribution is 0.560. The van der Waals surface area contributed by atoms with E-state index >= 15 is 0 Å². The molecule has 0 aromatic heterocycles. The Hall–Kier alpha value is -1.16. The minimum Gasteiger partial charge on any atom is -0.370 e. The van der Waals surface area contributed by atoms with E-state index in [0.717, 1.165) is 32.2 Å². The zero-order chi connectivity index (χ0) is 11.5. The summed E-state index contributed by atoms with van der Waals surface area (Å²) in [6, 6.07) is 3.69. The molecule has 0 spiro atoms. The third kappa shape index (κ3) is 2.70. The van der Waals surface area contributed by atoms with Gasteiger partial charge in [0.05, 0.1) is 0 Å². The van der Waals surface area contributed by atoms with Crippen LogP contribution < -0.4 is 10.2 Å². The summed E-state index contributed by atoms with van der Waals surface area (Å²) in [7, 11) is 0. The summed E-state index contributed by atoms with van der Waals surface area (Å²) < 4.78 is 26.2. The first-order valence-electron chi connectivity index (χ1n) is 5.57. The van der Waals surface area contributed by atoms with Gasteiger partial charge in [-0.05, 0) is 24.6 Å². The van der Waals surface area contributed by atoms with Crippen LogP contribution in [0.5, 0.6) is 0 Å². The van der Waals surface area contributed by atoms with Crippen molar-refractivity contribution in [3.63, 3.8) is 0 Å². The average Bonchev–Trinajstić information content (AvgIpc) is 2.41. The van der Waals surface area contributed by atoms with E-state index in [1.165, 1.54) is 12.1 Å². The summed E-state index contributed by atoms with van der Waals surface area (Å²) in [4.78, 5) is 2.02. The van der Waals surface area contributed by atoms with Gasteiger partial charge < -0.3 is 10.2 Å². The Morgan fingerprint density at radius 1 is 1.25 bits per heavy atom. The molecule has 1 saturated heterocycles. The predicted octanol–water partition coefficient (Wildman–Crippen LogP) is 2.01. The number of rotatable bonds is 1. The van der Waals surface area contributed by atoms with Gasteiger partial charge in [-0.15, -0.1) is 0 Å². The van der Waals surface area contributed by atoms with Crippen LogP contribution in [0.3, 0.4) is 0 Å². The zero-order valence-corrected chi connectivity index (χ0v) is 9.34. The fourth-order valence-electron chi connectivity index (χ4n) is 2.05. The van der Waals surface area contributed by atoms with E-state index in [1.807, 2.05) is 4.90 Å². The SMILES string of the molecule is CC1CNCCN(c2cc(F)cc(F)c2)C1. The van der Waals surface area contributed by atoms with Crippen LogP contribution >= 0.6 is 0 Å². The van der Waals surface area contributed by atoms with Gasteiger partial charge in [0, 0.05) is 31.4 Å². The monoisotopic (exact) mass is 226 g/mol. The molecule has 0 saturated carbocycles. The summed E-state index contributed by atoms with van der Waals surface area (Å²) in [6.07, 6.45) is 0. The van der Waals surface area contributed by atoms with Gasteiger partial charge in [0.25, 0.3) is 0 Å². The highest BCUT2D eigenvalue weighted by molar-refractivity contribution is 5.47. The van der Waals surface area contributed by atoms with Crippen molar-refractivity contribution >= 4 is 5.69 Å². The number of nitrogens with zero attached hydrogens (tertiary/aromatic N) is 1. The third-order valence-electron chi connectivity index (χ3n) is 2.80. The van der Waals surface area contributed by atoms with Crippen molar-refractivity contribution in [3.8, 4) is 0 Å².